The van der Waals surface area contributed by atoms with E-state index >= 15 is 0 Å². The van der Waals surface area contributed by atoms with Crippen LogP contribution in [0.3, 0.4) is 0 Å². The van der Waals surface area contributed by atoms with Gasteiger partial charge < -0.3 is 15.7 Å². The van der Waals surface area contributed by atoms with E-state index in [1.807, 2.05) is 18.2 Å². The Morgan fingerprint density at radius 1 is 1.24 bits per heavy atom. The Kier molecular flexibility index (Phi) is 4.98. The molecule has 0 spiro atoms. The summed E-state index contributed by atoms with van der Waals surface area (Å²) < 4.78 is 0. The molecule has 1 heterocycles. The third-order valence-electron chi connectivity index (χ3n) is 3.36. The second-order valence-corrected chi connectivity index (χ2v) is 4.76. The van der Waals surface area contributed by atoms with Gasteiger partial charge in [-0.25, -0.2) is 0 Å². The van der Waals surface area contributed by atoms with Gasteiger partial charge in [0.05, 0.1) is 6.61 Å². The molecule has 0 amide bonds. The summed E-state index contributed by atoms with van der Waals surface area (Å²) in [6.07, 6.45) is 3.22. The van der Waals surface area contributed by atoms with Gasteiger partial charge in [0.2, 0.25) is 0 Å². The lowest BCUT2D eigenvalue weighted by molar-refractivity contribution is 0.220. The molecule has 1 aromatic rings. The second kappa shape index (κ2) is 6.74. The lowest BCUT2D eigenvalue weighted by atomic mass is 10.0. The van der Waals surface area contributed by atoms with E-state index < -0.39 is 0 Å². The third kappa shape index (κ3) is 4.11. The van der Waals surface area contributed by atoms with Crippen LogP contribution < -0.4 is 10.6 Å². The van der Waals surface area contributed by atoms with Crippen molar-refractivity contribution < 1.29 is 5.11 Å². The van der Waals surface area contributed by atoms with Crippen molar-refractivity contribution in [3.8, 4) is 0 Å². The number of piperidine rings is 1. The van der Waals surface area contributed by atoms with Crippen LogP contribution in [-0.2, 0) is 6.42 Å². The molecule has 0 bridgehead atoms. The van der Waals surface area contributed by atoms with E-state index in [4.69, 9.17) is 0 Å². The van der Waals surface area contributed by atoms with Gasteiger partial charge in [0, 0.05) is 12.1 Å². The Labute approximate surface area is 103 Å². The Hall–Kier alpha value is -0.900. The highest BCUT2D eigenvalue weighted by molar-refractivity contribution is 5.16. The number of hydrogen-bond donors (Lipinski definition) is 3. The Bertz CT molecular complexity index is 309. The van der Waals surface area contributed by atoms with E-state index in [2.05, 4.69) is 22.8 Å². The number of aliphatic hydroxyl groups is 1. The van der Waals surface area contributed by atoms with Crippen molar-refractivity contribution in [2.45, 2.75) is 31.3 Å². The van der Waals surface area contributed by atoms with E-state index in [1.54, 1.807) is 0 Å². The summed E-state index contributed by atoms with van der Waals surface area (Å²) in [5.41, 5.74) is 1.29. The van der Waals surface area contributed by atoms with Crippen molar-refractivity contribution in [2.75, 3.05) is 19.7 Å². The first kappa shape index (κ1) is 12.6. The Morgan fingerprint density at radius 2 is 1.94 bits per heavy atom. The molecule has 1 saturated heterocycles. The molecule has 3 N–H and O–H groups in total. The molecule has 3 nitrogen and oxygen atoms in total. The molecular weight excluding hydrogens is 212 g/mol. The molecule has 0 radical (unpaired) electrons. The first-order chi connectivity index (χ1) is 8.38. The monoisotopic (exact) mass is 234 g/mol. The predicted octanol–water partition coefficient (Wildman–Crippen LogP) is 0.932. The molecule has 1 aliphatic rings. The molecule has 0 unspecified atom stereocenters. The van der Waals surface area contributed by atoms with Crippen LogP contribution in [0.15, 0.2) is 30.3 Å². The minimum Gasteiger partial charge on any atom is -0.395 e. The maximum atomic E-state index is 9.44. The van der Waals surface area contributed by atoms with Crippen LogP contribution >= 0.6 is 0 Å². The van der Waals surface area contributed by atoms with Crippen LogP contribution in [0.1, 0.15) is 18.4 Å². The standard InChI is InChI=1S/C14H22N2O/c17-11-14(10-12-4-2-1-3-5-12)16-13-6-8-15-9-7-13/h1-5,13-17H,6-11H2/t14-/m1/s1. The maximum absolute atomic E-state index is 9.44. The fraction of sp³-hybridized carbons (Fsp3) is 0.571. The summed E-state index contributed by atoms with van der Waals surface area (Å²) in [4.78, 5) is 0. The van der Waals surface area contributed by atoms with Crippen molar-refractivity contribution >= 4 is 0 Å². The van der Waals surface area contributed by atoms with Gasteiger partial charge in [-0.3, -0.25) is 0 Å². The normalized spacial score (nSPS) is 19.1. The van der Waals surface area contributed by atoms with Crippen molar-refractivity contribution in [3.63, 3.8) is 0 Å². The Morgan fingerprint density at radius 3 is 2.59 bits per heavy atom. The fourth-order valence-electron chi connectivity index (χ4n) is 2.40. The first-order valence-electron chi connectivity index (χ1n) is 6.50. The Balaban J connectivity index is 1.83. The lowest BCUT2D eigenvalue weighted by Gasteiger charge is -2.28. The van der Waals surface area contributed by atoms with Crippen LogP contribution in [0.5, 0.6) is 0 Å². The van der Waals surface area contributed by atoms with Crippen LogP contribution in [-0.4, -0.2) is 36.9 Å². The van der Waals surface area contributed by atoms with E-state index in [9.17, 15) is 5.11 Å². The first-order valence-corrected chi connectivity index (χ1v) is 6.50. The number of hydrogen-bond acceptors (Lipinski definition) is 3. The summed E-state index contributed by atoms with van der Waals surface area (Å²) >= 11 is 0. The molecule has 0 aromatic heterocycles. The lowest BCUT2D eigenvalue weighted by Crippen LogP contribution is -2.46. The van der Waals surface area contributed by atoms with Gasteiger partial charge in [-0.2, -0.15) is 0 Å². The molecule has 1 atom stereocenters. The topological polar surface area (TPSA) is 44.3 Å². The highest BCUT2D eigenvalue weighted by Crippen LogP contribution is 2.07. The zero-order chi connectivity index (χ0) is 11.9. The van der Waals surface area contributed by atoms with Crippen molar-refractivity contribution in [1.29, 1.82) is 0 Å². The van der Waals surface area contributed by atoms with E-state index in [1.165, 1.54) is 5.56 Å². The van der Waals surface area contributed by atoms with Gasteiger partial charge in [-0.05, 0) is 37.9 Å². The van der Waals surface area contributed by atoms with Crippen molar-refractivity contribution in [2.24, 2.45) is 0 Å². The SMILES string of the molecule is OC[C@@H](Cc1ccccc1)NC1CCNCC1. The predicted molar refractivity (Wildman–Crippen MR) is 70.0 cm³/mol. The van der Waals surface area contributed by atoms with Crippen LogP contribution in [0.25, 0.3) is 0 Å². The maximum Gasteiger partial charge on any atom is 0.0587 e. The fourth-order valence-corrected chi connectivity index (χ4v) is 2.40. The number of benzene rings is 1. The molecule has 0 aliphatic carbocycles. The largest absolute Gasteiger partial charge is 0.395 e. The molecule has 94 valence electrons. The minimum atomic E-state index is 0.181. The van der Waals surface area contributed by atoms with E-state index in [0.717, 1.165) is 32.4 Å². The molecule has 0 saturated carbocycles. The summed E-state index contributed by atoms with van der Waals surface area (Å²) in [5.74, 6) is 0. The van der Waals surface area contributed by atoms with Gasteiger partial charge in [0.25, 0.3) is 0 Å². The van der Waals surface area contributed by atoms with Gasteiger partial charge in [-0.15, -0.1) is 0 Å². The van der Waals surface area contributed by atoms with Crippen molar-refractivity contribution in [3.05, 3.63) is 35.9 Å². The third-order valence-corrected chi connectivity index (χ3v) is 3.36. The molecule has 2 rings (SSSR count). The van der Waals surface area contributed by atoms with Crippen LogP contribution in [0.2, 0.25) is 0 Å². The van der Waals surface area contributed by atoms with Gasteiger partial charge >= 0.3 is 0 Å². The second-order valence-electron chi connectivity index (χ2n) is 4.76. The molecule has 17 heavy (non-hydrogen) atoms. The average molecular weight is 234 g/mol. The summed E-state index contributed by atoms with van der Waals surface area (Å²) in [5, 5.41) is 16.4. The molecule has 3 heteroatoms. The van der Waals surface area contributed by atoms with Crippen LogP contribution in [0.4, 0.5) is 0 Å². The zero-order valence-corrected chi connectivity index (χ0v) is 10.2. The summed E-state index contributed by atoms with van der Waals surface area (Å²) in [6, 6.07) is 11.1. The average Bonchev–Trinajstić information content (AvgIpc) is 2.40. The highest BCUT2D eigenvalue weighted by Gasteiger charge is 2.17. The van der Waals surface area contributed by atoms with Gasteiger partial charge in [0.1, 0.15) is 0 Å². The molecule has 1 aliphatic heterocycles. The molecule has 1 aromatic carbocycles. The highest BCUT2D eigenvalue weighted by atomic mass is 16.3. The van der Waals surface area contributed by atoms with E-state index in [-0.39, 0.29) is 12.6 Å². The summed E-state index contributed by atoms with van der Waals surface area (Å²) in [7, 11) is 0. The van der Waals surface area contributed by atoms with E-state index in [0.29, 0.717) is 6.04 Å². The molecular formula is C14H22N2O. The number of rotatable bonds is 5. The minimum absolute atomic E-state index is 0.181. The van der Waals surface area contributed by atoms with Crippen molar-refractivity contribution in [1.82, 2.24) is 10.6 Å². The number of nitrogens with one attached hydrogen (secondary N) is 2. The van der Waals surface area contributed by atoms with Gasteiger partial charge in [-0.1, -0.05) is 30.3 Å². The van der Waals surface area contributed by atoms with Gasteiger partial charge in [0.15, 0.2) is 0 Å². The smallest absolute Gasteiger partial charge is 0.0587 e. The quantitative estimate of drug-likeness (QED) is 0.710. The zero-order valence-electron chi connectivity index (χ0n) is 10.2. The van der Waals surface area contributed by atoms with Crippen LogP contribution in [0, 0.1) is 0 Å². The molecule has 1 fully saturated rings. The number of aliphatic hydroxyl groups excluding tert-OH is 1. The summed E-state index contributed by atoms with van der Waals surface area (Å²) in [6.45, 7) is 2.38.